The van der Waals surface area contributed by atoms with Crippen LogP contribution in [0.2, 0.25) is 0 Å². The first-order valence-electron chi connectivity index (χ1n) is 6.00. The van der Waals surface area contributed by atoms with E-state index >= 15 is 0 Å². The Bertz CT molecular complexity index is 567. The lowest BCUT2D eigenvalue weighted by molar-refractivity contribution is 0.0963. The van der Waals surface area contributed by atoms with Crippen molar-refractivity contribution in [3.05, 3.63) is 29.3 Å². The quantitative estimate of drug-likeness (QED) is 0.852. The number of nitrogens with one attached hydrogen (secondary N) is 2. The molecule has 0 saturated heterocycles. The molecule has 0 heterocycles. The molecule has 1 aromatic rings. The SMILES string of the molecule is CNC(=O)c1ccc(NC(C)CS(C)(=O)=O)c(C)c1. The van der Waals surface area contributed by atoms with E-state index in [1.165, 1.54) is 6.26 Å². The van der Waals surface area contributed by atoms with Gasteiger partial charge in [0.15, 0.2) is 0 Å². The molecular formula is C13H20N2O3S. The summed E-state index contributed by atoms with van der Waals surface area (Å²) >= 11 is 0. The van der Waals surface area contributed by atoms with Gasteiger partial charge in [-0.05, 0) is 37.6 Å². The summed E-state index contributed by atoms with van der Waals surface area (Å²) in [7, 11) is -1.43. The molecule has 0 spiro atoms. The number of anilines is 1. The lowest BCUT2D eigenvalue weighted by Crippen LogP contribution is -2.25. The third-order valence-electron chi connectivity index (χ3n) is 2.67. The molecule has 0 saturated carbocycles. The molecule has 5 nitrogen and oxygen atoms in total. The Balaban J connectivity index is 2.83. The summed E-state index contributed by atoms with van der Waals surface area (Å²) in [4.78, 5) is 11.5. The average Bonchev–Trinajstić information content (AvgIpc) is 2.28. The van der Waals surface area contributed by atoms with Crippen LogP contribution in [-0.2, 0) is 9.84 Å². The van der Waals surface area contributed by atoms with Gasteiger partial charge in [-0.15, -0.1) is 0 Å². The lowest BCUT2D eigenvalue weighted by atomic mass is 10.1. The fourth-order valence-electron chi connectivity index (χ4n) is 1.87. The summed E-state index contributed by atoms with van der Waals surface area (Å²) in [5, 5.41) is 5.70. The first kappa shape index (κ1) is 15.5. The number of hydrogen-bond acceptors (Lipinski definition) is 4. The van der Waals surface area contributed by atoms with Crippen molar-refractivity contribution in [1.29, 1.82) is 0 Å². The molecule has 106 valence electrons. The van der Waals surface area contributed by atoms with Gasteiger partial charge in [-0.25, -0.2) is 8.42 Å². The van der Waals surface area contributed by atoms with Gasteiger partial charge in [-0.3, -0.25) is 4.79 Å². The monoisotopic (exact) mass is 284 g/mol. The van der Waals surface area contributed by atoms with Gasteiger partial charge < -0.3 is 10.6 Å². The Morgan fingerprint density at radius 2 is 2.00 bits per heavy atom. The highest BCUT2D eigenvalue weighted by atomic mass is 32.2. The highest BCUT2D eigenvalue weighted by molar-refractivity contribution is 7.90. The maximum atomic E-state index is 11.5. The van der Waals surface area contributed by atoms with E-state index in [4.69, 9.17) is 0 Å². The van der Waals surface area contributed by atoms with E-state index in [0.717, 1.165) is 11.3 Å². The highest BCUT2D eigenvalue weighted by Crippen LogP contribution is 2.17. The number of carbonyl (C=O) groups excluding carboxylic acids is 1. The zero-order valence-corrected chi connectivity index (χ0v) is 12.5. The minimum atomic E-state index is -3.01. The number of sulfone groups is 1. The van der Waals surface area contributed by atoms with Crippen LogP contribution in [0.5, 0.6) is 0 Å². The highest BCUT2D eigenvalue weighted by Gasteiger charge is 2.12. The van der Waals surface area contributed by atoms with E-state index in [-0.39, 0.29) is 17.7 Å². The molecule has 1 aromatic carbocycles. The molecule has 1 rings (SSSR count). The van der Waals surface area contributed by atoms with Crippen LogP contribution in [0, 0.1) is 6.92 Å². The number of carbonyl (C=O) groups is 1. The second-order valence-electron chi connectivity index (χ2n) is 4.75. The maximum absolute atomic E-state index is 11.5. The largest absolute Gasteiger partial charge is 0.381 e. The zero-order chi connectivity index (χ0) is 14.6. The number of hydrogen-bond donors (Lipinski definition) is 2. The second-order valence-corrected chi connectivity index (χ2v) is 6.93. The van der Waals surface area contributed by atoms with Crippen LogP contribution >= 0.6 is 0 Å². The summed E-state index contributed by atoms with van der Waals surface area (Å²) in [6, 6.07) is 5.09. The van der Waals surface area contributed by atoms with Gasteiger partial charge >= 0.3 is 0 Å². The Labute approximate surface area is 114 Å². The van der Waals surface area contributed by atoms with Gasteiger partial charge in [0.1, 0.15) is 9.84 Å². The predicted molar refractivity (Wildman–Crippen MR) is 77.4 cm³/mol. The summed E-state index contributed by atoms with van der Waals surface area (Å²) in [5.74, 6) is -0.0669. The minimum Gasteiger partial charge on any atom is -0.381 e. The van der Waals surface area contributed by atoms with Gasteiger partial charge in [0.25, 0.3) is 5.91 Å². The van der Waals surface area contributed by atoms with E-state index in [0.29, 0.717) is 5.56 Å². The molecule has 2 N–H and O–H groups in total. The molecule has 0 aliphatic heterocycles. The van der Waals surface area contributed by atoms with Crippen molar-refractivity contribution in [3.8, 4) is 0 Å². The number of amides is 1. The molecule has 1 amide bonds. The standard InChI is InChI=1S/C13H20N2O3S/c1-9-7-11(13(16)14-3)5-6-12(9)15-10(2)8-19(4,17)18/h5-7,10,15H,8H2,1-4H3,(H,14,16). The van der Waals surface area contributed by atoms with Crippen LogP contribution in [0.1, 0.15) is 22.8 Å². The fraction of sp³-hybridized carbons (Fsp3) is 0.462. The van der Waals surface area contributed by atoms with Crippen LogP contribution in [0.3, 0.4) is 0 Å². The van der Waals surface area contributed by atoms with Crippen molar-refractivity contribution in [3.63, 3.8) is 0 Å². The van der Waals surface area contributed by atoms with Crippen LogP contribution in [-0.4, -0.2) is 39.4 Å². The van der Waals surface area contributed by atoms with Gasteiger partial charge in [-0.2, -0.15) is 0 Å². The Hall–Kier alpha value is -1.56. The average molecular weight is 284 g/mol. The van der Waals surface area contributed by atoms with E-state index in [1.807, 2.05) is 13.8 Å². The van der Waals surface area contributed by atoms with Crippen molar-refractivity contribution in [2.24, 2.45) is 0 Å². The number of benzene rings is 1. The topological polar surface area (TPSA) is 75.3 Å². The van der Waals surface area contributed by atoms with Crippen molar-refractivity contribution in [1.82, 2.24) is 5.32 Å². The first-order valence-corrected chi connectivity index (χ1v) is 8.06. The van der Waals surface area contributed by atoms with Crippen LogP contribution in [0.15, 0.2) is 18.2 Å². The number of aryl methyl sites for hydroxylation is 1. The first-order chi connectivity index (χ1) is 8.73. The Morgan fingerprint density at radius 3 is 2.47 bits per heavy atom. The van der Waals surface area contributed by atoms with E-state index in [9.17, 15) is 13.2 Å². The van der Waals surface area contributed by atoms with E-state index in [1.54, 1.807) is 25.2 Å². The molecule has 1 unspecified atom stereocenters. The van der Waals surface area contributed by atoms with E-state index < -0.39 is 9.84 Å². The van der Waals surface area contributed by atoms with Crippen molar-refractivity contribution >= 4 is 21.4 Å². The minimum absolute atomic E-state index is 0.0731. The molecule has 19 heavy (non-hydrogen) atoms. The fourth-order valence-corrected chi connectivity index (χ4v) is 2.86. The molecule has 6 heteroatoms. The van der Waals surface area contributed by atoms with Gasteiger partial charge in [0.2, 0.25) is 0 Å². The van der Waals surface area contributed by atoms with E-state index in [2.05, 4.69) is 10.6 Å². The lowest BCUT2D eigenvalue weighted by Gasteiger charge is -2.16. The van der Waals surface area contributed by atoms with Gasteiger partial charge in [0.05, 0.1) is 5.75 Å². The molecule has 0 aliphatic rings. The van der Waals surface area contributed by atoms with Crippen LogP contribution in [0.25, 0.3) is 0 Å². The van der Waals surface area contributed by atoms with Crippen molar-refractivity contribution in [2.45, 2.75) is 19.9 Å². The third kappa shape index (κ3) is 4.90. The predicted octanol–water partition coefficient (Wildman–Crippen LogP) is 1.20. The summed E-state index contributed by atoms with van der Waals surface area (Å²) in [6.45, 7) is 3.69. The molecule has 1 atom stereocenters. The molecule has 0 radical (unpaired) electrons. The van der Waals surface area contributed by atoms with Crippen LogP contribution < -0.4 is 10.6 Å². The molecule has 0 bridgehead atoms. The molecule has 0 aromatic heterocycles. The van der Waals surface area contributed by atoms with Gasteiger partial charge in [-0.1, -0.05) is 0 Å². The Morgan fingerprint density at radius 1 is 1.37 bits per heavy atom. The normalized spacial score (nSPS) is 12.8. The van der Waals surface area contributed by atoms with Crippen LogP contribution in [0.4, 0.5) is 5.69 Å². The summed E-state index contributed by atoms with van der Waals surface area (Å²) in [5.41, 5.74) is 2.33. The summed E-state index contributed by atoms with van der Waals surface area (Å²) < 4.78 is 22.4. The van der Waals surface area contributed by atoms with Crippen molar-refractivity contribution < 1.29 is 13.2 Å². The Kier molecular flexibility index (Phi) is 4.94. The molecular weight excluding hydrogens is 264 g/mol. The summed E-state index contributed by atoms with van der Waals surface area (Å²) in [6.07, 6.45) is 1.22. The smallest absolute Gasteiger partial charge is 0.251 e. The van der Waals surface area contributed by atoms with Gasteiger partial charge in [0, 0.05) is 30.6 Å². The molecule has 0 aliphatic carbocycles. The maximum Gasteiger partial charge on any atom is 0.251 e. The second kappa shape index (κ2) is 6.06. The third-order valence-corrected chi connectivity index (χ3v) is 3.78. The van der Waals surface area contributed by atoms with Crippen molar-refractivity contribution in [2.75, 3.05) is 24.4 Å². The number of rotatable bonds is 5. The molecule has 0 fully saturated rings. The zero-order valence-electron chi connectivity index (χ0n) is 11.6.